The van der Waals surface area contributed by atoms with Crippen LogP contribution in [0.3, 0.4) is 0 Å². The molecule has 0 spiro atoms. The molecule has 0 aliphatic rings. The molecule has 0 aromatic heterocycles. The van der Waals surface area contributed by atoms with Crippen LogP contribution in [-0.4, -0.2) is 30.9 Å². The fraction of sp³-hybridized carbons (Fsp3) is 0.400. The molecule has 0 atom stereocenters. The molecule has 0 saturated carbocycles. The monoisotopic (exact) mass is 280 g/mol. The summed E-state index contributed by atoms with van der Waals surface area (Å²) < 4.78 is 15.3. The van der Waals surface area contributed by atoms with Crippen molar-refractivity contribution in [2.24, 2.45) is 0 Å². The Morgan fingerprint density at radius 2 is 1.60 bits per heavy atom. The van der Waals surface area contributed by atoms with Crippen LogP contribution in [0.25, 0.3) is 5.57 Å². The lowest BCUT2D eigenvalue weighted by molar-refractivity contribution is -0.136. The predicted molar refractivity (Wildman–Crippen MR) is 75.4 cm³/mol. The van der Waals surface area contributed by atoms with Crippen LogP contribution in [-0.2, 0) is 14.3 Å². The second kappa shape index (κ2) is 8.09. The first kappa shape index (κ1) is 15.9. The zero-order valence-electron chi connectivity index (χ0n) is 12.0. The summed E-state index contributed by atoms with van der Waals surface area (Å²) in [5.41, 5.74) is 0.523. The molecule has 20 heavy (non-hydrogen) atoms. The van der Waals surface area contributed by atoms with Gasteiger partial charge in [0, 0.05) is 0 Å². The van der Waals surface area contributed by atoms with Gasteiger partial charge in [-0.3, -0.25) is 0 Å². The summed E-state index contributed by atoms with van der Waals surface area (Å²) >= 11 is 0. The first-order valence-electron chi connectivity index (χ1n) is 6.60. The standard InChI is InChI=1S/C15H20O5/c1-4-18-12-9-7-11(8-10-12)13(14(16)19-5-2)15(17)20-6-3/h7-10,16H,4-6H2,1-3H3/b14-13-. The number of esters is 1. The van der Waals surface area contributed by atoms with Gasteiger partial charge in [-0.1, -0.05) is 12.1 Å². The summed E-state index contributed by atoms with van der Waals surface area (Å²) in [6.45, 7) is 6.34. The van der Waals surface area contributed by atoms with Gasteiger partial charge in [0.05, 0.1) is 19.8 Å². The lowest BCUT2D eigenvalue weighted by atomic mass is 10.1. The minimum Gasteiger partial charge on any atom is -0.494 e. The quantitative estimate of drug-likeness (QED) is 0.472. The summed E-state index contributed by atoms with van der Waals surface area (Å²) in [5, 5.41) is 9.86. The van der Waals surface area contributed by atoms with Crippen molar-refractivity contribution < 1.29 is 24.1 Å². The van der Waals surface area contributed by atoms with Gasteiger partial charge >= 0.3 is 5.97 Å². The van der Waals surface area contributed by atoms with Crippen molar-refractivity contribution in [1.82, 2.24) is 0 Å². The van der Waals surface area contributed by atoms with Crippen molar-refractivity contribution in [3.63, 3.8) is 0 Å². The number of benzene rings is 1. The number of hydrogen-bond donors (Lipinski definition) is 1. The second-order valence-corrected chi connectivity index (χ2v) is 3.79. The minimum atomic E-state index is -0.623. The van der Waals surface area contributed by atoms with Crippen LogP contribution in [0.5, 0.6) is 5.75 Å². The Morgan fingerprint density at radius 3 is 2.10 bits per heavy atom. The number of hydrogen-bond acceptors (Lipinski definition) is 5. The Labute approximate surface area is 118 Å². The fourth-order valence-corrected chi connectivity index (χ4v) is 1.63. The third kappa shape index (κ3) is 4.19. The van der Waals surface area contributed by atoms with Crippen LogP contribution in [0.1, 0.15) is 26.3 Å². The maximum absolute atomic E-state index is 11.9. The summed E-state index contributed by atoms with van der Waals surface area (Å²) in [4.78, 5) is 11.9. The predicted octanol–water partition coefficient (Wildman–Crippen LogP) is 2.91. The van der Waals surface area contributed by atoms with E-state index in [2.05, 4.69) is 0 Å². The third-order valence-corrected chi connectivity index (χ3v) is 2.43. The fourth-order valence-electron chi connectivity index (χ4n) is 1.63. The van der Waals surface area contributed by atoms with Crippen LogP contribution in [0.4, 0.5) is 0 Å². The number of carbonyl (C=O) groups excluding carboxylic acids is 1. The molecule has 1 rings (SSSR count). The highest BCUT2D eigenvalue weighted by molar-refractivity contribution is 6.16. The van der Waals surface area contributed by atoms with Gasteiger partial charge in [0.15, 0.2) is 0 Å². The Balaban J connectivity index is 3.10. The Morgan fingerprint density at radius 1 is 1.00 bits per heavy atom. The van der Waals surface area contributed by atoms with Crippen molar-refractivity contribution in [2.45, 2.75) is 20.8 Å². The van der Waals surface area contributed by atoms with Gasteiger partial charge in [-0.2, -0.15) is 0 Å². The highest BCUT2D eigenvalue weighted by Crippen LogP contribution is 2.23. The largest absolute Gasteiger partial charge is 0.494 e. The number of aliphatic hydroxyl groups is 1. The highest BCUT2D eigenvalue weighted by Gasteiger charge is 2.20. The first-order chi connectivity index (χ1) is 9.63. The SMILES string of the molecule is CCOC(=O)/C(=C(/O)OCC)c1ccc(OCC)cc1. The average molecular weight is 280 g/mol. The zero-order valence-corrected chi connectivity index (χ0v) is 12.0. The van der Waals surface area contributed by atoms with Gasteiger partial charge in [0.2, 0.25) is 0 Å². The van der Waals surface area contributed by atoms with Crippen LogP contribution in [0.15, 0.2) is 30.2 Å². The molecule has 1 N–H and O–H groups in total. The smallest absolute Gasteiger partial charge is 0.346 e. The molecule has 0 unspecified atom stereocenters. The van der Waals surface area contributed by atoms with Crippen LogP contribution in [0, 0.1) is 0 Å². The molecular weight excluding hydrogens is 260 g/mol. The van der Waals surface area contributed by atoms with E-state index in [1.54, 1.807) is 38.1 Å². The molecule has 1 aromatic carbocycles. The van der Waals surface area contributed by atoms with Gasteiger partial charge in [0.1, 0.15) is 11.3 Å². The second-order valence-electron chi connectivity index (χ2n) is 3.79. The van der Waals surface area contributed by atoms with Gasteiger partial charge in [-0.15, -0.1) is 0 Å². The van der Waals surface area contributed by atoms with E-state index in [0.29, 0.717) is 17.9 Å². The van der Waals surface area contributed by atoms with Gasteiger partial charge in [0.25, 0.3) is 5.95 Å². The van der Waals surface area contributed by atoms with Crippen molar-refractivity contribution in [2.75, 3.05) is 19.8 Å². The number of rotatable bonds is 7. The first-order valence-corrected chi connectivity index (χ1v) is 6.60. The topological polar surface area (TPSA) is 65.0 Å². The maximum Gasteiger partial charge on any atom is 0.346 e. The normalized spacial score (nSPS) is 11.6. The molecule has 0 bridgehead atoms. The van der Waals surface area contributed by atoms with Crippen LogP contribution >= 0.6 is 0 Å². The van der Waals surface area contributed by atoms with Gasteiger partial charge in [-0.25, -0.2) is 4.79 Å². The zero-order chi connectivity index (χ0) is 15.0. The van der Waals surface area contributed by atoms with Crippen molar-refractivity contribution >= 4 is 11.5 Å². The van der Waals surface area contributed by atoms with Crippen molar-refractivity contribution in [3.8, 4) is 5.75 Å². The molecule has 0 aliphatic carbocycles. The van der Waals surface area contributed by atoms with Crippen LogP contribution in [0.2, 0.25) is 0 Å². The average Bonchev–Trinajstić information content (AvgIpc) is 2.42. The van der Waals surface area contributed by atoms with E-state index in [9.17, 15) is 9.90 Å². The van der Waals surface area contributed by atoms with E-state index < -0.39 is 11.9 Å². The lowest BCUT2D eigenvalue weighted by Crippen LogP contribution is -2.11. The number of carbonyl (C=O) groups is 1. The Bertz CT molecular complexity index is 462. The molecule has 0 saturated heterocycles. The third-order valence-electron chi connectivity index (χ3n) is 2.43. The Kier molecular flexibility index (Phi) is 6.43. The van der Waals surface area contributed by atoms with Gasteiger partial charge in [-0.05, 0) is 38.5 Å². The van der Waals surface area contributed by atoms with E-state index in [-0.39, 0.29) is 18.8 Å². The molecule has 0 amide bonds. The van der Waals surface area contributed by atoms with E-state index in [0.717, 1.165) is 0 Å². The number of aliphatic hydroxyl groups excluding tert-OH is 1. The molecule has 5 nitrogen and oxygen atoms in total. The van der Waals surface area contributed by atoms with E-state index in [4.69, 9.17) is 14.2 Å². The van der Waals surface area contributed by atoms with E-state index in [1.807, 2.05) is 6.92 Å². The van der Waals surface area contributed by atoms with Crippen molar-refractivity contribution in [3.05, 3.63) is 35.8 Å². The number of ether oxygens (including phenoxy) is 3. The van der Waals surface area contributed by atoms with Crippen molar-refractivity contribution in [1.29, 1.82) is 0 Å². The molecule has 0 aliphatic heterocycles. The minimum absolute atomic E-state index is 0.0109. The Hall–Kier alpha value is -2.17. The molecule has 5 heteroatoms. The molecule has 0 radical (unpaired) electrons. The molecular formula is C15H20O5. The summed E-state index contributed by atoms with van der Waals surface area (Å²) in [5.74, 6) is -0.368. The highest BCUT2D eigenvalue weighted by atomic mass is 16.6. The lowest BCUT2D eigenvalue weighted by Gasteiger charge is -2.11. The van der Waals surface area contributed by atoms with E-state index in [1.165, 1.54) is 0 Å². The summed E-state index contributed by atoms with van der Waals surface area (Å²) in [7, 11) is 0. The van der Waals surface area contributed by atoms with Gasteiger partial charge < -0.3 is 19.3 Å². The van der Waals surface area contributed by atoms with E-state index >= 15 is 0 Å². The molecule has 110 valence electrons. The van der Waals surface area contributed by atoms with Crippen LogP contribution < -0.4 is 4.74 Å². The summed E-state index contributed by atoms with van der Waals surface area (Å²) in [6, 6.07) is 6.79. The maximum atomic E-state index is 11.9. The molecule has 1 aromatic rings. The summed E-state index contributed by atoms with van der Waals surface area (Å²) in [6.07, 6.45) is 0. The molecule has 0 heterocycles. The molecule has 0 fully saturated rings.